The van der Waals surface area contributed by atoms with Gasteiger partial charge < -0.3 is 23.9 Å². The molecule has 1 aliphatic carbocycles. The first-order valence-corrected chi connectivity index (χ1v) is 14.1. The Hall–Kier alpha value is -3.38. The second kappa shape index (κ2) is 11.0. The van der Waals surface area contributed by atoms with E-state index >= 15 is 0 Å². The molecule has 2 aliphatic rings. The van der Waals surface area contributed by atoms with Crippen LogP contribution in [0.2, 0.25) is 5.02 Å². The van der Waals surface area contributed by atoms with Crippen LogP contribution in [-0.4, -0.2) is 62.3 Å². The van der Waals surface area contributed by atoms with Crippen molar-refractivity contribution in [2.45, 2.75) is 65.5 Å². The van der Waals surface area contributed by atoms with E-state index < -0.39 is 5.60 Å². The number of fused-ring (bicyclic) bond motifs is 1. The molecule has 10 heteroatoms. The number of imidazole rings is 1. The van der Waals surface area contributed by atoms with Gasteiger partial charge in [-0.2, -0.15) is 0 Å². The summed E-state index contributed by atoms with van der Waals surface area (Å²) in [5.41, 5.74) is 2.54. The molecule has 0 bridgehead atoms. The van der Waals surface area contributed by atoms with Crippen LogP contribution in [0.3, 0.4) is 0 Å². The van der Waals surface area contributed by atoms with Gasteiger partial charge in [-0.1, -0.05) is 37.9 Å². The highest BCUT2D eigenvalue weighted by molar-refractivity contribution is 6.30. The first kappa shape index (κ1) is 27.2. The predicted octanol–water partition coefficient (Wildman–Crippen LogP) is 6.58. The number of rotatable bonds is 4. The normalized spacial score (nSPS) is 20.2. The molecule has 1 saturated carbocycles. The minimum atomic E-state index is -0.529. The number of aromatic nitrogens is 4. The molecule has 0 N–H and O–H groups in total. The van der Waals surface area contributed by atoms with E-state index in [4.69, 9.17) is 32.9 Å². The maximum atomic E-state index is 12.7. The van der Waals surface area contributed by atoms with Gasteiger partial charge >= 0.3 is 6.09 Å². The molecule has 0 unspecified atom stereocenters. The topological polar surface area (TPSA) is 80.7 Å². The summed E-state index contributed by atoms with van der Waals surface area (Å²) >= 11 is 6.31. The van der Waals surface area contributed by atoms with Crippen molar-refractivity contribution in [2.75, 3.05) is 31.1 Å². The van der Waals surface area contributed by atoms with E-state index in [9.17, 15) is 4.79 Å². The zero-order valence-electron chi connectivity index (χ0n) is 23.2. The second-order valence-corrected chi connectivity index (χ2v) is 12.2. The summed E-state index contributed by atoms with van der Waals surface area (Å²) in [5, 5.41) is 0.515. The minimum absolute atomic E-state index is 0.284. The van der Waals surface area contributed by atoms with Gasteiger partial charge in [0, 0.05) is 50.7 Å². The third-order valence-electron chi connectivity index (χ3n) is 7.57. The Morgan fingerprint density at radius 1 is 1.10 bits per heavy atom. The molecule has 3 aromatic rings. The quantitative estimate of drug-likeness (QED) is 0.342. The van der Waals surface area contributed by atoms with Crippen molar-refractivity contribution in [3.8, 4) is 11.3 Å². The van der Waals surface area contributed by atoms with E-state index in [1.54, 1.807) is 23.4 Å². The molecule has 1 amide bonds. The van der Waals surface area contributed by atoms with Crippen molar-refractivity contribution >= 4 is 40.5 Å². The molecule has 0 atom stereocenters. The van der Waals surface area contributed by atoms with Crippen LogP contribution < -0.4 is 4.90 Å². The fourth-order valence-electron chi connectivity index (χ4n) is 5.53. The first-order valence-electron chi connectivity index (χ1n) is 13.7. The Morgan fingerprint density at radius 3 is 2.46 bits per heavy atom. The van der Waals surface area contributed by atoms with E-state index in [1.807, 2.05) is 26.8 Å². The van der Waals surface area contributed by atoms with Gasteiger partial charge in [0.25, 0.3) is 5.82 Å². The van der Waals surface area contributed by atoms with Gasteiger partial charge in [-0.05, 0) is 57.6 Å². The third-order valence-corrected chi connectivity index (χ3v) is 7.78. The van der Waals surface area contributed by atoms with Crippen LogP contribution in [0.25, 0.3) is 27.1 Å². The lowest BCUT2D eigenvalue weighted by atomic mass is 9.83. The zero-order chi connectivity index (χ0) is 27.7. The van der Waals surface area contributed by atoms with Crippen LogP contribution in [0.5, 0.6) is 0 Å². The largest absolute Gasteiger partial charge is 0.444 e. The van der Waals surface area contributed by atoms with Crippen molar-refractivity contribution < 1.29 is 9.53 Å². The number of hydrogen-bond acceptors (Lipinski definition) is 6. The highest BCUT2D eigenvalue weighted by atomic mass is 35.5. The molecular formula is C29H36ClN7O2. The maximum Gasteiger partial charge on any atom is 0.410 e. The van der Waals surface area contributed by atoms with E-state index in [2.05, 4.69) is 26.2 Å². The molecule has 1 saturated heterocycles. The third kappa shape index (κ3) is 6.11. The molecule has 2 fully saturated rings. The van der Waals surface area contributed by atoms with Gasteiger partial charge in [-0.15, -0.1) is 4.98 Å². The summed E-state index contributed by atoms with van der Waals surface area (Å²) in [5.74, 6) is 2.44. The number of anilines is 1. The van der Waals surface area contributed by atoms with Crippen LogP contribution >= 0.6 is 11.6 Å². The van der Waals surface area contributed by atoms with Crippen LogP contribution in [0.4, 0.5) is 16.6 Å². The Bertz CT molecular complexity index is 1390. The number of nitrogens with zero attached hydrogens (tertiary/aromatic N) is 7. The molecule has 0 spiro atoms. The number of hydrogen-bond donors (Lipinski definition) is 0. The van der Waals surface area contributed by atoms with Crippen LogP contribution in [0.15, 0.2) is 24.5 Å². The van der Waals surface area contributed by atoms with Crippen molar-refractivity contribution in [1.82, 2.24) is 24.4 Å². The summed E-state index contributed by atoms with van der Waals surface area (Å²) in [4.78, 5) is 34.4. The molecular weight excluding hydrogens is 514 g/mol. The average Bonchev–Trinajstić information content (AvgIpc) is 3.26. The number of ether oxygens (including phenoxy) is 1. The van der Waals surface area contributed by atoms with Gasteiger partial charge in [-0.25, -0.2) is 9.78 Å². The molecule has 4 heterocycles. The van der Waals surface area contributed by atoms with Crippen molar-refractivity contribution in [1.29, 1.82) is 0 Å². The van der Waals surface area contributed by atoms with Gasteiger partial charge in [0.05, 0.1) is 10.5 Å². The lowest BCUT2D eigenvalue weighted by molar-refractivity contribution is 0.0240. The van der Waals surface area contributed by atoms with Crippen molar-refractivity contribution in [3.05, 3.63) is 41.0 Å². The lowest BCUT2D eigenvalue weighted by Crippen LogP contribution is -2.50. The molecule has 3 aromatic heterocycles. The fraction of sp³-hybridized carbons (Fsp3) is 0.552. The molecule has 0 aromatic carbocycles. The summed E-state index contributed by atoms with van der Waals surface area (Å²) in [6.45, 7) is 18.8. The first-order chi connectivity index (χ1) is 18.6. The summed E-state index contributed by atoms with van der Waals surface area (Å²) < 4.78 is 7.88. The number of pyridine rings is 2. The molecule has 5 rings (SSSR count). The summed E-state index contributed by atoms with van der Waals surface area (Å²) in [6.07, 6.45) is 7.85. The summed E-state index contributed by atoms with van der Waals surface area (Å²) in [6, 6.07) is 3.60. The van der Waals surface area contributed by atoms with Gasteiger partial charge in [0.15, 0.2) is 5.69 Å². The summed E-state index contributed by atoms with van der Waals surface area (Å²) in [7, 11) is 0. The van der Waals surface area contributed by atoms with E-state index in [-0.39, 0.29) is 11.9 Å². The van der Waals surface area contributed by atoms with E-state index in [0.717, 1.165) is 35.0 Å². The predicted molar refractivity (Wildman–Crippen MR) is 153 cm³/mol. The number of piperazine rings is 1. The number of carbonyl (C=O) groups excluding carboxylic acids is 1. The second-order valence-electron chi connectivity index (χ2n) is 11.8. The SMILES string of the molecule is [C-]#[N+]c1cc2nc(N3CCN(C(=O)OC(C)(C)C)CC3)n(CC3CCC(C)CC3)c2c(-c2cncc(Cl)c2)n1. The number of carbonyl (C=O) groups is 1. The Labute approximate surface area is 235 Å². The zero-order valence-corrected chi connectivity index (χ0v) is 23.9. The van der Waals surface area contributed by atoms with Crippen LogP contribution in [0, 0.1) is 18.4 Å². The molecule has 206 valence electrons. The van der Waals surface area contributed by atoms with E-state index in [0.29, 0.717) is 42.8 Å². The maximum absolute atomic E-state index is 12.7. The van der Waals surface area contributed by atoms with E-state index in [1.165, 1.54) is 25.7 Å². The smallest absolute Gasteiger partial charge is 0.410 e. The van der Waals surface area contributed by atoms with Crippen molar-refractivity contribution in [3.63, 3.8) is 0 Å². The number of halogens is 1. The monoisotopic (exact) mass is 549 g/mol. The Kier molecular flexibility index (Phi) is 7.68. The molecule has 0 radical (unpaired) electrons. The molecule has 39 heavy (non-hydrogen) atoms. The van der Waals surface area contributed by atoms with Gasteiger partial charge in [0.2, 0.25) is 5.95 Å². The number of amides is 1. The van der Waals surface area contributed by atoms with Gasteiger partial charge in [-0.3, -0.25) is 4.98 Å². The highest BCUT2D eigenvalue weighted by Crippen LogP contribution is 2.37. The average molecular weight is 550 g/mol. The van der Waals surface area contributed by atoms with Crippen molar-refractivity contribution in [2.24, 2.45) is 11.8 Å². The standard InChI is InChI=1S/C29H36ClN7O2/c1-19-6-8-20(9-7-19)18-37-26-23(15-24(31-5)34-25(26)21-14-22(30)17-32-16-21)33-27(37)35-10-12-36(13-11-35)28(38)39-29(2,3)4/h14-17,19-20H,6-13,18H2,1-4H3. The van der Waals surface area contributed by atoms with Gasteiger partial charge in [0.1, 0.15) is 11.1 Å². The Balaban J connectivity index is 1.54. The molecule has 9 nitrogen and oxygen atoms in total. The lowest BCUT2D eigenvalue weighted by Gasteiger charge is -2.36. The highest BCUT2D eigenvalue weighted by Gasteiger charge is 2.31. The minimum Gasteiger partial charge on any atom is -0.444 e. The molecule has 1 aliphatic heterocycles. The fourth-order valence-corrected chi connectivity index (χ4v) is 5.70. The van der Waals surface area contributed by atoms with Crippen LogP contribution in [-0.2, 0) is 11.3 Å². The Morgan fingerprint density at radius 2 is 1.82 bits per heavy atom. The van der Waals surface area contributed by atoms with Crippen LogP contribution in [0.1, 0.15) is 53.4 Å².